The highest BCUT2D eigenvalue weighted by Gasteiger charge is 2.28. The summed E-state index contributed by atoms with van der Waals surface area (Å²) in [5.74, 6) is 0.0324. The van der Waals surface area contributed by atoms with Gasteiger partial charge in [-0.2, -0.15) is 0 Å². The SMILES string of the molecule is CC1(NC(=O)c2ccccc2)CCNCC1. The minimum absolute atomic E-state index is 0.0324. The smallest absolute Gasteiger partial charge is 0.251 e. The van der Waals surface area contributed by atoms with Crippen molar-refractivity contribution in [2.75, 3.05) is 13.1 Å². The molecular formula is C13H18N2O. The zero-order valence-corrected chi connectivity index (χ0v) is 9.62. The van der Waals surface area contributed by atoms with Gasteiger partial charge in [-0.1, -0.05) is 18.2 Å². The van der Waals surface area contributed by atoms with Crippen LogP contribution in [0.15, 0.2) is 30.3 Å². The van der Waals surface area contributed by atoms with E-state index in [-0.39, 0.29) is 11.4 Å². The van der Waals surface area contributed by atoms with Crippen LogP contribution in [0.3, 0.4) is 0 Å². The van der Waals surface area contributed by atoms with Crippen LogP contribution in [-0.4, -0.2) is 24.5 Å². The molecule has 1 saturated heterocycles. The van der Waals surface area contributed by atoms with E-state index in [1.54, 1.807) is 0 Å². The van der Waals surface area contributed by atoms with Gasteiger partial charge >= 0.3 is 0 Å². The lowest BCUT2D eigenvalue weighted by atomic mass is 9.90. The first-order valence-corrected chi connectivity index (χ1v) is 5.78. The van der Waals surface area contributed by atoms with Gasteiger partial charge in [-0.15, -0.1) is 0 Å². The van der Waals surface area contributed by atoms with E-state index in [1.807, 2.05) is 30.3 Å². The minimum atomic E-state index is -0.0574. The Balaban J connectivity index is 2.01. The van der Waals surface area contributed by atoms with E-state index in [0.29, 0.717) is 0 Å². The minimum Gasteiger partial charge on any atom is -0.347 e. The number of piperidine rings is 1. The molecule has 16 heavy (non-hydrogen) atoms. The van der Waals surface area contributed by atoms with Gasteiger partial charge in [0.1, 0.15) is 0 Å². The summed E-state index contributed by atoms with van der Waals surface area (Å²) in [5, 5.41) is 6.43. The van der Waals surface area contributed by atoms with Gasteiger partial charge in [0.05, 0.1) is 0 Å². The number of hydrogen-bond acceptors (Lipinski definition) is 2. The van der Waals surface area contributed by atoms with Crippen LogP contribution >= 0.6 is 0 Å². The van der Waals surface area contributed by atoms with Gasteiger partial charge in [0.25, 0.3) is 5.91 Å². The molecule has 1 aromatic carbocycles. The van der Waals surface area contributed by atoms with Crippen LogP contribution in [0.2, 0.25) is 0 Å². The van der Waals surface area contributed by atoms with Crippen LogP contribution < -0.4 is 10.6 Å². The second kappa shape index (κ2) is 4.66. The summed E-state index contributed by atoms with van der Waals surface area (Å²) in [4.78, 5) is 12.0. The van der Waals surface area contributed by atoms with Crippen LogP contribution in [0.25, 0.3) is 0 Å². The number of rotatable bonds is 2. The average Bonchev–Trinajstić information content (AvgIpc) is 2.30. The molecule has 86 valence electrons. The van der Waals surface area contributed by atoms with E-state index in [9.17, 15) is 4.79 Å². The molecule has 1 heterocycles. The zero-order valence-electron chi connectivity index (χ0n) is 9.62. The van der Waals surface area contributed by atoms with Gasteiger partial charge in [-0.25, -0.2) is 0 Å². The molecule has 0 spiro atoms. The average molecular weight is 218 g/mol. The summed E-state index contributed by atoms with van der Waals surface area (Å²) in [6.07, 6.45) is 1.98. The van der Waals surface area contributed by atoms with Crippen molar-refractivity contribution in [1.29, 1.82) is 0 Å². The summed E-state index contributed by atoms with van der Waals surface area (Å²) in [6, 6.07) is 9.39. The molecular weight excluding hydrogens is 200 g/mol. The Morgan fingerprint density at radius 3 is 2.50 bits per heavy atom. The van der Waals surface area contributed by atoms with Gasteiger partial charge in [0.15, 0.2) is 0 Å². The van der Waals surface area contributed by atoms with Crippen molar-refractivity contribution in [1.82, 2.24) is 10.6 Å². The summed E-state index contributed by atoms with van der Waals surface area (Å²) in [6.45, 7) is 4.08. The molecule has 0 unspecified atom stereocenters. The molecule has 1 aromatic rings. The quantitative estimate of drug-likeness (QED) is 0.791. The van der Waals surface area contributed by atoms with Crippen molar-refractivity contribution in [3.8, 4) is 0 Å². The van der Waals surface area contributed by atoms with E-state index in [0.717, 1.165) is 31.5 Å². The van der Waals surface area contributed by atoms with Crippen molar-refractivity contribution in [3.63, 3.8) is 0 Å². The van der Waals surface area contributed by atoms with Crippen molar-refractivity contribution < 1.29 is 4.79 Å². The maximum Gasteiger partial charge on any atom is 0.251 e. The monoisotopic (exact) mass is 218 g/mol. The van der Waals surface area contributed by atoms with E-state index < -0.39 is 0 Å². The van der Waals surface area contributed by atoms with Crippen LogP contribution in [-0.2, 0) is 0 Å². The third-order valence-electron chi connectivity index (χ3n) is 3.16. The third kappa shape index (κ3) is 2.61. The zero-order chi connectivity index (χ0) is 11.4. The molecule has 0 aliphatic carbocycles. The Bertz CT molecular complexity index is 355. The van der Waals surface area contributed by atoms with Crippen LogP contribution in [0.5, 0.6) is 0 Å². The maximum absolute atomic E-state index is 12.0. The van der Waals surface area contributed by atoms with Crippen molar-refractivity contribution in [3.05, 3.63) is 35.9 Å². The van der Waals surface area contributed by atoms with E-state index in [4.69, 9.17) is 0 Å². The normalized spacial score (nSPS) is 19.1. The molecule has 3 nitrogen and oxygen atoms in total. The van der Waals surface area contributed by atoms with E-state index in [2.05, 4.69) is 17.6 Å². The fourth-order valence-corrected chi connectivity index (χ4v) is 2.04. The summed E-state index contributed by atoms with van der Waals surface area (Å²) in [7, 11) is 0. The third-order valence-corrected chi connectivity index (χ3v) is 3.16. The number of hydrogen-bond donors (Lipinski definition) is 2. The standard InChI is InChI=1S/C13H18N2O/c1-13(7-9-14-10-8-13)15-12(16)11-5-3-2-4-6-11/h2-6,14H,7-10H2,1H3,(H,15,16). The molecule has 0 bridgehead atoms. The highest BCUT2D eigenvalue weighted by Crippen LogP contribution is 2.17. The number of carbonyl (C=O) groups excluding carboxylic acids is 1. The van der Waals surface area contributed by atoms with Gasteiger partial charge in [0.2, 0.25) is 0 Å². The predicted octanol–water partition coefficient (Wildman–Crippen LogP) is 1.56. The van der Waals surface area contributed by atoms with Crippen molar-refractivity contribution >= 4 is 5.91 Å². The molecule has 2 N–H and O–H groups in total. The molecule has 1 fully saturated rings. The van der Waals surface area contributed by atoms with Gasteiger partial charge in [-0.05, 0) is 45.0 Å². The second-order valence-electron chi connectivity index (χ2n) is 4.63. The molecule has 0 aromatic heterocycles. The summed E-state index contributed by atoms with van der Waals surface area (Å²) in [5.41, 5.74) is 0.681. The highest BCUT2D eigenvalue weighted by molar-refractivity contribution is 5.94. The Hall–Kier alpha value is -1.35. The lowest BCUT2D eigenvalue weighted by Gasteiger charge is -2.35. The second-order valence-corrected chi connectivity index (χ2v) is 4.63. The van der Waals surface area contributed by atoms with Gasteiger partial charge < -0.3 is 10.6 Å². The molecule has 0 saturated carbocycles. The fourth-order valence-electron chi connectivity index (χ4n) is 2.04. The van der Waals surface area contributed by atoms with Crippen LogP contribution in [0.4, 0.5) is 0 Å². The van der Waals surface area contributed by atoms with Crippen molar-refractivity contribution in [2.45, 2.75) is 25.3 Å². The number of benzene rings is 1. The molecule has 1 aliphatic rings. The van der Waals surface area contributed by atoms with Crippen molar-refractivity contribution in [2.24, 2.45) is 0 Å². The van der Waals surface area contributed by atoms with Gasteiger partial charge in [-0.3, -0.25) is 4.79 Å². The number of carbonyl (C=O) groups is 1. The lowest BCUT2D eigenvalue weighted by molar-refractivity contribution is 0.0887. The Morgan fingerprint density at radius 2 is 1.88 bits per heavy atom. The molecule has 1 aliphatic heterocycles. The Morgan fingerprint density at radius 1 is 1.25 bits per heavy atom. The predicted molar refractivity (Wildman–Crippen MR) is 64.4 cm³/mol. The van der Waals surface area contributed by atoms with Gasteiger partial charge in [0, 0.05) is 11.1 Å². The molecule has 0 radical (unpaired) electrons. The molecule has 0 atom stereocenters. The van der Waals surface area contributed by atoms with Crippen LogP contribution in [0.1, 0.15) is 30.1 Å². The van der Waals surface area contributed by atoms with E-state index in [1.165, 1.54) is 0 Å². The van der Waals surface area contributed by atoms with Crippen LogP contribution in [0, 0.1) is 0 Å². The summed E-state index contributed by atoms with van der Waals surface area (Å²) < 4.78 is 0. The Kier molecular flexibility index (Phi) is 3.25. The number of nitrogens with one attached hydrogen (secondary N) is 2. The lowest BCUT2D eigenvalue weighted by Crippen LogP contribution is -2.52. The molecule has 2 rings (SSSR count). The summed E-state index contributed by atoms with van der Waals surface area (Å²) >= 11 is 0. The first-order chi connectivity index (χ1) is 7.70. The highest BCUT2D eigenvalue weighted by atomic mass is 16.1. The molecule has 1 amide bonds. The maximum atomic E-state index is 12.0. The molecule has 3 heteroatoms. The fraction of sp³-hybridized carbons (Fsp3) is 0.462. The van der Waals surface area contributed by atoms with E-state index >= 15 is 0 Å². The largest absolute Gasteiger partial charge is 0.347 e. The Labute approximate surface area is 96.2 Å². The first-order valence-electron chi connectivity index (χ1n) is 5.78. The first kappa shape index (κ1) is 11.1. The number of amides is 1. The topological polar surface area (TPSA) is 41.1 Å².